The Labute approximate surface area is 194 Å². The lowest BCUT2D eigenvalue weighted by Crippen LogP contribution is -2.51. The molecule has 2 heterocycles. The third-order valence-electron chi connectivity index (χ3n) is 4.35. The molecule has 0 bridgehead atoms. The summed E-state index contributed by atoms with van der Waals surface area (Å²) in [7, 11) is -17.1. The third kappa shape index (κ3) is 6.82. The van der Waals surface area contributed by atoms with Crippen LogP contribution >= 0.6 is 23.5 Å². The van der Waals surface area contributed by atoms with Crippen molar-refractivity contribution < 1.29 is 80.5 Å². The van der Waals surface area contributed by atoms with Crippen LogP contribution in [-0.2, 0) is 42.9 Å². The number of hydrogen-bond donors (Lipinski definition) is 6. The number of ether oxygens (including phenoxy) is 4. The molecule has 1 saturated heterocycles. The van der Waals surface area contributed by atoms with Gasteiger partial charge in [-0.05, 0) is 17.7 Å². The Bertz CT molecular complexity index is 1110. The Morgan fingerprint density at radius 3 is 2.34 bits per heavy atom. The maximum absolute atomic E-state index is 11.8. The number of phosphoric acid groups is 3. The summed E-state index contributed by atoms with van der Waals surface area (Å²) in [6, 6.07) is 4.39. The molecule has 1 aromatic carbocycles. The van der Waals surface area contributed by atoms with Gasteiger partial charge in [0.15, 0.2) is 11.5 Å². The zero-order valence-electron chi connectivity index (χ0n) is 17.0. The molecule has 0 spiro atoms. The summed E-state index contributed by atoms with van der Waals surface area (Å²) in [5.41, 5.74) is 0.317. The normalized spacial score (nSPS) is 29.5. The lowest BCUT2D eigenvalue weighted by atomic mass is 10.1. The average Bonchev–Trinajstić information content (AvgIpc) is 3.26. The first kappa shape index (κ1) is 28.0. The maximum atomic E-state index is 11.8. The first-order chi connectivity index (χ1) is 16.0. The van der Waals surface area contributed by atoms with Crippen molar-refractivity contribution in [1.29, 1.82) is 0 Å². The fourth-order valence-electron chi connectivity index (χ4n) is 2.92. The molecule has 22 heteroatoms. The molecule has 3 unspecified atom stereocenters. The molecular formula is C13H18NO18P3. The van der Waals surface area contributed by atoms with Crippen LogP contribution in [0.5, 0.6) is 11.5 Å². The number of aliphatic hydroxyl groups is 2. The smallest absolute Gasteiger partial charge is 0.454 e. The number of nitrogens with zero attached hydrogens (tertiary/aromatic N) is 1. The molecule has 35 heavy (non-hydrogen) atoms. The molecule has 6 atom stereocenters. The highest BCUT2D eigenvalue weighted by Crippen LogP contribution is 2.66. The fraction of sp³-hybridized carbons (Fsp3) is 0.538. The van der Waals surface area contributed by atoms with Gasteiger partial charge in [0.05, 0.1) is 18.1 Å². The van der Waals surface area contributed by atoms with Crippen LogP contribution in [0.3, 0.4) is 0 Å². The van der Waals surface area contributed by atoms with Crippen molar-refractivity contribution in [3.8, 4) is 11.5 Å². The molecule has 2 aliphatic rings. The van der Waals surface area contributed by atoms with E-state index in [4.69, 9.17) is 33.6 Å². The fourth-order valence-corrected chi connectivity index (χ4v) is 5.95. The second-order valence-electron chi connectivity index (χ2n) is 6.84. The van der Waals surface area contributed by atoms with Gasteiger partial charge in [0.2, 0.25) is 12.9 Å². The van der Waals surface area contributed by atoms with Crippen LogP contribution in [0.1, 0.15) is 5.56 Å². The molecule has 198 valence electrons. The second-order valence-corrected chi connectivity index (χ2v) is 11.3. The highest BCUT2D eigenvalue weighted by atomic mass is 31.3. The van der Waals surface area contributed by atoms with Crippen molar-refractivity contribution in [3.05, 3.63) is 33.9 Å². The largest absolute Gasteiger partial charge is 0.490 e. The van der Waals surface area contributed by atoms with Crippen LogP contribution in [0.15, 0.2) is 18.2 Å². The van der Waals surface area contributed by atoms with E-state index >= 15 is 0 Å². The van der Waals surface area contributed by atoms with Gasteiger partial charge in [-0.1, -0.05) is 6.07 Å². The van der Waals surface area contributed by atoms with Gasteiger partial charge in [-0.2, -0.15) is 8.62 Å². The molecule has 1 aromatic rings. The predicted octanol–water partition coefficient (Wildman–Crippen LogP) is -0.674. The summed E-state index contributed by atoms with van der Waals surface area (Å²) in [5, 5.41) is 32.0. The van der Waals surface area contributed by atoms with Gasteiger partial charge in [0, 0.05) is 0 Å². The SMILES string of the molecule is O=[N+]([O-])C1(OCc2ccc3c(c2)OCO3)O[C@H](COP(=O)(O)OP(=O)(O)OP(=O)(O)O)[C@@H](O)[C@H]1O. The molecule has 6 N–H and O–H groups in total. The number of phosphoric ester groups is 1. The first-order valence-electron chi connectivity index (χ1n) is 9.03. The molecule has 0 radical (unpaired) electrons. The Kier molecular flexibility index (Phi) is 8.08. The number of hydrogen-bond acceptors (Lipinski definition) is 14. The number of fused-ring (bicyclic) bond motifs is 1. The Hall–Kier alpha value is -1.53. The van der Waals surface area contributed by atoms with E-state index in [9.17, 15) is 38.9 Å². The van der Waals surface area contributed by atoms with Crippen LogP contribution in [0.25, 0.3) is 0 Å². The monoisotopic (exact) mass is 569 g/mol. The molecule has 0 amide bonds. The Morgan fingerprint density at radius 2 is 1.71 bits per heavy atom. The van der Waals surface area contributed by atoms with Gasteiger partial charge in [-0.3, -0.25) is 24.1 Å². The number of aliphatic hydroxyl groups excluding tert-OH is 2. The van der Waals surface area contributed by atoms with Crippen LogP contribution in [0.4, 0.5) is 0 Å². The summed E-state index contributed by atoms with van der Waals surface area (Å²) >= 11 is 0. The Balaban J connectivity index is 1.66. The molecule has 1 fully saturated rings. The van der Waals surface area contributed by atoms with Crippen LogP contribution in [0.2, 0.25) is 0 Å². The highest BCUT2D eigenvalue weighted by Gasteiger charge is 2.66. The van der Waals surface area contributed by atoms with Gasteiger partial charge in [-0.15, -0.1) is 0 Å². The second kappa shape index (κ2) is 10.1. The maximum Gasteiger partial charge on any atom is 0.490 e. The van der Waals surface area contributed by atoms with Crippen molar-refractivity contribution >= 4 is 23.5 Å². The minimum atomic E-state index is -5.82. The predicted molar refractivity (Wildman–Crippen MR) is 104 cm³/mol. The van der Waals surface area contributed by atoms with Crippen molar-refractivity contribution in [2.75, 3.05) is 13.4 Å². The van der Waals surface area contributed by atoms with Crippen LogP contribution in [0, 0.1) is 10.1 Å². The first-order valence-corrected chi connectivity index (χ1v) is 13.5. The molecule has 19 nitrogen and oxygen atoms in total. The molecule has 3 rings (SSSR count). The minimum absolute atomic E-state index is 0.0379. The quantitative estimate of drug-likeness (QED) is 0.0833. The lowest BCUT2D eigenvalue weighted by molar-refractivity contribution is -0.700. The van der Waals surface area contributed by atoms with E-state index in [2.05, 4.69) is 13.1 Å². The third-order valence-corrected chi connectivity index (χ3v) is 8.16. The molecule has 0 aliphatic carbocycles. The highest BCUT2D eigenvalue weighted by molar-refractivity contribution is 7.66. The minimum Gasteiger partial charge on any atom is -0.454 e. The summed E-state index contributed by atoms with van der Waals surface area (Å²) in [5.74, 6) is -2.33. The van der Waals surface area contributed by atoms with E-state index in [1.54, 1.807) is 0 Å². The number of benzene rings is 1. The van der Waals surface area contributed by atoms with E-state index in [0.29, 0.717) is 17.1 Å². The van der Waals surface area contributed by atoms with E-state index in [0.717, 1.165) is 0 Å². The standard InChI is InChI=1S/C13H18NO18P3/c15-11-10(5-29-34(22,23)32-35(24,25)31-33(19,20)21)30-13(12(11)16,14(17)18)28-4-7-1-2-8-9(3-7)27-6-26-8/h1-3,10-12,15-16H,4-6H2,(H,22,23)(H,24,25)(H2,19,20,21)/t10-,11-,12-,13?/m1/s1. The number of nitro groups is 1. The summed E-state index contributed by atoms with van der Waals surface area (Å²) < 4.78 is 65.5. The van der Waals surface area contributed by atoms with Gasteiger partial charge in [0.25, 0.3) is 0 Å². The zero-order valence-corrected chi connectivity index (χ0v) is 19.6. The van der Waals surface area contributed by atoms with Crippen molar-refractivity contribution in [2.45, 2.75) is 30.8 Å². The van der Waals surface area contributed by atoms with Gasteiger partial charge in [-0.25, -0.2) is 13.7 Å². The van der Waals surface area contributed by atoms with E-state index in [-0.39, 0.29) is 6.79 Å². The summed E-state index contributed by atoms with van der Waals surface area (Å²) in [6.07, 6.45) is -6.40. The van der Waals surface area contributed by atoms with Gasteiger partial charge < -0.3 is 39.3 Å². The van der Waals surface area contributed by atoms with Crippen LogP contribution < -0.4 is 9.47 Å². The van der Waals surface area contributed by atoms with Crippen molar-refractivity contribution in [1.82, 2.24) is 0 Å². The number of rotatable bonds is 11. The van der Waals surface area contributed by atoms with Gasteiger partial charge >= 0.3 is 29.4 Å². The molecule has 0 aromatic heterocycles. The summed E-state index contributed by atoms with van der Waals surface area (Å²) in [4.78, 5) is 46.1. The van der Waals surface area contributed by atoms with E-state index < -0.39 is 65.8 Å². The zero-order chi connectivity index (χ0) is 26.2. The summed E-state index contributed by atoms with van der Waals surface area (Å²) in [6.45, 7) is -1.83. The van der Waals surface area contributed by atoms with Crippen LogP contribution in [-0.4, -0.2) is 72.3 Å². The van der Waals surface area contributed by atoms with Crippen molar-refractivity contribution in [3.63, 3.8) is 0 Å². The van der Waals surface area contributed by atoms with Crippen molar-refractivity contribution in [2.24, 2.45) is 0 Å². The van der Waals surface area contributed by atoms with E-state index in [1.165, 1.54) is 18.2 Å². The molecule has 0 saturated carbocycles. The van der Waals surface area contributed by atoms with Gasteiger partial charge in [0.1, 0.15) is 12.2 Å². The van der Waals surface area contributed by atoms with E-state index in [1.807, 2.05) is 0 Å². The average molecular weight is 569 g/mol. The topological polar surface area (TPSA) is 280 Å². The molecular weight excluding hydrogens is 551 g/mol. The molecule has 2 aliphatic heterocycles. The lowest BCUT2D eigenvalue weighted by Gasteiger charge is -2.22. The Morgan fingerprint density at radius 1 is 1.06 bits per heavy atom.